The lowest BCUT2D eigenvalue weighted by molar-refractivity contribution is -0.122. The van der Waals surface area contributed by atoms with Crippen molar-refractivity contribution in [2.75, 3.05) is 0 Å². The van der Waals surface area contributed by atoms with Crippen molar-refractivity contribution in [1.82, 2.24) is 15.3 Å². The van der Waals surface area contributed by atoms with Crippen LogP contribution in [0.25, 0.3) is 11.0 Å². The number of H-pyrrole nitrogens is 2. The molecule has 0 bridgehead atoms. The van der Waals surface area contributed by atoms with E-state index < -0.39 is 0 Å². The first kappa shape index (κ1) is 17.0. The van der Waals surface area contributed by atoms with Crippen LogP contribution in [0.5, 0.6) is 0 Å². The molecule has 0 aliphatic carbocycles. The van der Waals surface area contributed by atoms with Crippen LogP contribution in [0.2, 0.25) is 0 Å². The molecule has 0 spiro atoms. The Morgan fingerprint density at radius 1 is 1.12 bits per heavy atom. The van der Waals surface area contributed by atoms with Crippen LogP contribution in [0.3, 0.4) is 0 Å². The number of hydrogen-bond acceptors (Lipinski definition) is 2. The monoisotopic (exact) mass is 341 g/mol. The quantitative estimate of drug-likeness (QED) is 0.665. The second kappa shape index (κ2) is 6.93. The molecule has 130 valence electrons. The molecule has 0 aliphatic rings. The van der Waals surface area contributed by atoms with Crippen molar-refractivity contribution in [2.24, 2.45) is 0 Å². The Hall–Kier alpha value is -2.89. The molecule has 1 amide bonds. The molecule has 0 aliphatic heterocycles. The summed E-state index contributed by atoms with van der Waals surface area (Å²) in [5.41, 5.74) is 2.58. The summed E-state index contributed by atoms with van der Waals surface area (Å²) in [7, 11) is 0. The van der Waals surface area contributed by atoms with E-state index in [9.17, 15) is 14.0 Å². The second-order valence-electron chi connectivity index (χ2n) is 6.30. The zero-order valence-corrected chi connectivity index (χ0v) is 14.1. The minimum Gasteiger partial charge on any atom is -0.350 e. The number of hydrogen-bond donors (Lipinski definition) is 3. The van der Waals surface area contributed by atoms with Gasteiger partial charge in [0.25, 0.3) is 0 Å². The smallest absolute Gasteiger partial charge is 0.323 e. The Labute approximate surface area is 144 Å². The molecular formula is C19H20FN3O2. The van der Waals surface area contributed by atoms with Crippen LogP contribution in [0.1, 0.15) is 43.4 Å². The lowest BCUT2D eigenvalue weighted by Gasteiger charge is -2.17. The zero-order chi connectivity index (χ0) is 18.0. The normalized spacial score (nSPS) is 13.6. The predicted molar refractivity (Wildman–Crippen MR) is 94.9 cm³/mol. The minimum atomic E-state index is -0.294. The number of rotatable bonds is 5. The lowest BCUT2D eigenvalue weighted by atomic mass is 9.96. The fraction of sp³-hybridized carbons (Fsp3) is 0.263. The summed E-state index contributed by atoms with van der Waals surface area (Å²) in [6, 6.07) is 11.8. The summed E-state index contributed by atoms with van der Waals surface area (Å²) in [6.07, 6.45) is 0.203. The standard InChI is InChI=1S/C19H20FN3O2/c1-11(14-5-3-4-6-15(14)20)9-18(24)21-12(2)13-7-8-16-17(10-13)23-19(25)22-16/h3-8,10-12H,9H2,1-2H3,(H,21,24)(H2,22,23,25). The van der Waals surface area contributed by atoms with Crippen LogP contribution in [0.4, 0.5) is 4.39 Å². The van der Waals surface area contributed by atoms with Crippen LogP contribution in [0, 0.1) is 5.82 Å². The second-order valence-corrected chi connectivity index (χ2v) is 6.30. The molecule has 0 saturated carbocycles. The van der Waals surface area contributed by atoms with Gasteiger partial charge in [-0.1, -0.05) is 31.2 Å². The highest BCUT2D eigenvalue weighted by atomic mass is 19.1. The molecule has 5 nitrogen and oxygen atoms in total. The molecule has 2 unspecified atom stereocenters. The Morgan fingerprint density at radius 2 is 1.84 bits per heavy atom. The van der Waals surface area contributed by atoms with E-state index in [-0.39, 0.29) is 35.8 Å². The Morgan fingerprint density at radius 3 is 2.60 bits per heavy atom. The molecule has 1 aromatic heterocycles. The van der Waals surface area contributed by atoms with E-state index in [4.69, 9.17) is 0 Å². The van der Waals surface area contributed by atoms with E-state index in [0.717, 1.165) is 11.1 Å². The summed E-state index contributed by atoms with van der Waals surface area (Å²) in [4.78, 5) is 29.0. The van der Waals surface area contributed by atoms with Gasteiger partial charge >= 0.3 is 5.69 Å². The van der Waals surface area contributed by atoms with Crippen molar-refractivity contribution in [2.45, 2.75) is 32.2 Å². The van der Waals surface area contributed by atoms with Crippen LogP contribution in [0.15, 0.2) is 47.3 Å². The van der Waals surface area contributed by atoms with E-state index in [2.05, 4.69) is 15.3 Å². The molecule has 6 heteroatoms. The van der Waals surface area contributed by atoms with Gasteiger partial charge in [-0.25, -0.2) is 9.18 Å². The first-order valence-electron chi connectivity index (χ1n) is 8.20. The molecule has 1 heterocycles. The third-order valence-corrected chi connectivity index (χ3v) is 4.35. The lowest BCUT2D eigenvalue weighted by Crippen LogP contribution is -2.27. The maximum absolute atomic E-state index is 13.8. The number of aromatic amines is 2. The van der Waals surface area contributed by atoms with Gasteiger partial charge in [-0.15, -0.1) is 0 Å². The first-order valence-corrected chi connectivity index (χ1v) is 8.20. The molecule has 2 aromatic carbocycles. The predicted octanol–water partition coefficient (Wildman–Crippen LogP) is 3.37. The van der Waals surface area contributed by atoms with Gasteiger partial charge in [-0.3, -0.25) is 4.79 Å². The van der Waals surface area contributed by atoms with Gasteiger partial charge in [0.15, 0.2) is 0 Å². The highest BCUT2D eigenvalue weighted by Crippen LogP contribution is 2.23. The summed E-state index contributed by atoms with van der Waals surface area (Å²) < 4.78 is 13.8. The highest BCUT2D eigenvalue weighted by molar-refractivity contribution is 5.78. The Kier molecular flexibility index (Phi) is 4.70. The molecule has 3 N–H and O–H groups in total. The number of halogens is 1. The average molecular weight is 341 g/mol. The van der Waals surface area contributed by atoms with Gasteiger partial charge in [-0.05, 0) is 42.2 Å². The van der Waals surface area contributed by atoms with Gasteiger partial charge in [0.05, 0.1) is 17.1 Å². The average Bonchev–Trinajstić information content (AvgIpc) is 2.93. The van der Waals surface area contributed by atoms with E-state index in [0.29, 0.717) is 11.1 Å². The Bertz CT molecular complexity index is 960. The summed E-state index contributed by atoms with van der Waals surface area (Å²) in [5.74, 6) is -0.652. The van der Waals surface area contributed by atoms with Gasteiger partial charge in [0, 0.05) is 6.42 Å². The van der Waals surface area contributed by atoms with Crippen molar-refractivity contribution in [3.63, 3.8) is 0 Å². The Balaban J connectivity index is 1.67. The zero-order valence-electron chi connectivity index (χ0n) is 14.1. The molecule has 3 rings (SSSR count). The SMILES string of the molecule is CC(CC(=O)NC(C)c1ccc2[nH]c(=O)[nH]c2c1)c1ccccc1F. The number of benzene rings is 2. The third-order valence-electron chi connectivity index (χ3n) is 4.35. The fourth-order valence-electron chi connectivity index (χ4n) is 2.97. The molecule has 2 atom stereocenters. The molecule has 0 saturated heterocycles. The van der Waals surface area contributed by atoms with Crippen LogP contribution < -0.4 is 11.0 Å². The molecule has 0 radical (unpaired) electrons. The number of carbonyl (C=O) groups excluding carboxylic acids is 1. The molecule has 25 heavy (non-hydrogen) atoms. The molecular weight excluding hydrogens is 321 g/mol. The number of amides is 1. The van der Waals surface area contributed by atoms with E-state index in [1.807, 2.05) is 26.0 Å². The van der Waals surface area contributed by atoms with Gasteiger partial charge in [0.2, 0.25) is 5.91 Å². The largest absolute Gasteiger partial charge is 0.350 e. The number of fused-ring (bicyclic) bond motifs is 1. The number of nitrogens with one attached hydrogen (secondary N) is 3. The molecule has 0 fully saturated rings. The van der Waals surface area contributed by atoms with E-state index >= 15 is 0 Å². The summed E-state index contributed by atoms with van der Waals surface area (Å²) >= 11 is 0. The number of imidazole rings is 1. The van der Waals surface area contributed by atoms with Gasteiger partial charge < -0.3 is 15.3 Å². The van der Waals surface area contributed by atoms with Crippen LogP contribution in [-0.4, -0.2) is 15.9 Å². The maximum atomic E-state index is 13.8. The topological polar surface area (TPSA) is 77.8 Å². The van der Waals surface area contributed by atoms with Gasteiger partial charge in [0.1, 0.15) is 5.82 Å². The van der Waals surface area contributed by atoms with E-state index in [1.54, 1.807) is 24.3 Å². The van der Waals surface area contributed by atoms with Crippen LogP contribution in [-0.2, 0) is 4.79 Å². The first-order chi connectivity index (χ1) is 11.9. The summed E-state index contributed by atoms with van der Waals surface area (Å²) in [5, 5.41) is 2.92. The minimum absolute atomic E-state index is 0.147. The van der Waals surface area contributed by atoms with Crippen molar-refractivity contribution in [3.8, 4) is 0 Å². The van der Waals surface area contributed by atoms with Crippen LogP contribution >= 0.6 is 0 Å². The third kappa shape index (κ3) is 3.79. The highest BCUT2D eigenvalue weighted by Gasteiger charge is 2.17. The van der Waals surface area contributed by atoms with Crippen molar-refractivity contribution < 1.29 is 9.18 Å². The fourth-order valence-corrected chi connectivity index (χ4v) is 2.97. The molecule has 3 aromatic rings. The van der Waals surface area contributed by atoms with Crippen molar-refractivity contribution in [3.05, 3.63) is 69.9 Å². The van der Waals surface area contributed by atoms with Crippen molar-refractivity contribution >= 4 is 16.9 Å². The van der Waals surface area contributed by atoms with Gasteiger partial charge in [-0.2, -0.15) is 0 Å². The maximum Gasteiger partial charge on any atom is 0.323 e. The number of aromatic nitrogens is 2. The number of carbonyl (C=O) groups is 1. The van der Waals surface area contributed by atoms with Crippen molar-refractivity contribution in [1.29, 1.82) is 0 Å². The summed E-state index contributed by atoms with van der Waals surface area (Å²) in [6.45, 7) is 3.71. The van der Waals surface area contributed by atoms with E-state index in [1.165, 1.54) is 6.07 Å².